The number of aromatic nitrogens is 1. The van der Waals surface area contributed by atoms with Crippen LogP contribution in [-0.2, 0) is 6.54 Å². The third-order valence-corrected chi connectivity index (χ3v) is 3.78. The van der Waals surface area contributed by atoms with E-state index >= 15 is 0 Å². The van der Waals surface area contributed by atoms with E-state index < -0.39 is 0 Å². The lowest BCUT2D eigenvalue weighted by Gasteiger charge is -2.19. The van der Waals surface area contributed by atoms with Crippen LogP contribution < -0.4 is 10.2 Å². The van der Waals surface area contributed by atoms with Gasteiger partial charge >= 0.3 is 0 Å². The molecule has 0 saturated carbocycles. The van der Waals surface area contributed by atoms with Gasteiger partial charge in [-0.15, -0.1) is 0 Å². The lowest BCUT2D eigenvalue weighted by Crippen LogP contribution is -2.28. The maximum absolute atomic E-state index is 13.2. The minimum atomic E-state index is -0.300. The zero-order valence-electron chi connectivity index (χ0n) is 12.3. The largest absolute Gasteiger partial charge is 0.356 e. The first-order chi connectivity index (χ1) is 10.7. The highest BCUT2D eigenvalue weighted by atomic mass is 19.1. The van der Waals surface area contributed by atoms with Crippen molar-refractivity contribution in [2.75, 3.05) is 18.0 Å². The standard InChI is InChI=1S/C17H18FN3O/c18-14-6-3-5-13(11-14)12-20-17(22)15-7-4-8-19-16(15)21-9-1-2-10-21/h3-8,11H,1-2,9-10,12H2,(H,20,22). The van der Waals surface area contributed by atoms with Crippen molar-refractivity contribution in [2.24, 2.45) is 0 Å². The number of hydrogen-bond donors (Lipinski definition) is 1. The molecule has 1 saturated heterocycles. The van der Waals surface area contributed by atoms with Crippen molar-refractivity contribution in [3.63, 3.8) is 0 Å². The molecule has 0 bridgehead atoms. The van der Waals surface area contributed by atoms with E-state index in [1.165, 1.54) is 12.1 Å². The Labute approximate surface area is 129 Å². The third kappa shape index (κ3) is 3.24. The quantitative estimate of drug-likeness (QED) is 0.944. The van der Waals surface area contributed by atoms with E-state index in [-0.39, 0.29) is 11.7 Å². The van der Waals surface area contributed by atoms with Crippen LogP contribution >= 0.6 is 0 Å². The van der Waals surface area contributed by atoms with Crippen LogP contribution in [0.5, 0.6) is 0 Å². The summed E-state index contributed by atoms with van der Waals surface area (Å²) in [5.41, 5.74) is 1.31. The van der Waals surface area contributed by atoms with Crippen LogP contribution in [-0.4, -0.2) is 24.0 Å². The second-order valence-corrected chi connectivity index (χ2v) is 5.38. The van der Waals surface area contributed by atoms with Crippen LogP contribution in [0.1, 0.15) is 28.8 Å². The molecule has 114 valence electrons. The van der Waals surface area contributed by atoms with Crippen LogP contribution in [0.3, 0.4) is 0 Å². The molecule has 1 aliphatic rings. The third-order valence-electron chi connectivity index (χ3n) is 3.78. The number of rotatable bonds is 4. The summed E-state index contributed by atoms with van der Waals surface area (Å²) in [5.74, 6) is 0.252. The van der Waals surface area contributed by atoms with Crippen molar-refractivity contribution in [1.29, 1.82) is 0 Å². The summed E-state index contributed by atoms with van der Waals surface area (Å²) in [6.45, 7) is 2.16. The van der Waals surface area contributed by atoms with Gasteiger partial charge in [-0.3, -0.25) is 4.79 Å². The van der Waals surface area contributed by atoms with E-state index in [1.807, 2.05) is 0 Å². The van der Waals surface area contributed by atoms with Gasteiger partial charge in [-0.2, -0.15) is 0 Å². The number of hydrogen-bond acceptors (Lipinski definition) is 3. The molecule has 0 atom stereocenters. The Morgan fingerprint density at radius 2 is 2.05 bits per heavy atom. The normalized spacial score (nSPS) is 14.1. The number of pyridine rings is 1. The van der Waals surface area contributed by atoms with Gasteiger partial charge in [-0.25, -0.2) is 9.37 Å². The monoisotopic (exact) mass is 299 g/mol. The average Bonchev–Trinajstić information content (AvgIpc) is 3.07. The number of halogens is 1. The van der Waals surface area contributed by atoms with Crippen molar-refractivity contribution in [3.05, 3.63) is 59.5 Å². The summed E-state index contributed by atoms with van der Waals surface area (Å²) in [6.07, 6.45) is 3.96. The molecule has 0 spiro atoms. The molecule has 1 N–H and O–H groups in total. The molecule has 0 unspecified atom stereocenters. The number of carbonyl (C=O) groups is 1. The van der Waals surface area contributed by atoms with Gasteiger partial charge in [0.15, 0.2) is 0 Å². The van der Waals surface area contributed by atoms with Crippen molar-refractivity contribution in [3.8, 4) is 0 Å². The SMILES string of the molecule is O=C(NCc1cccc(F)c1)c1cccnc1N1CCCC1. The predicted molar refractivity (Wildman–Crippen MR) is 83.3 cm³/mol. The summed E-state index contributed by atoms with van der Waals surface area (Å²) in [5, 5.41) is 2.83. The molecule has 1 amide bonds. The first-order valence-electron chi connectivity index (χ1n) is 7.46. The molecule has 1 aromatic heterocycles. The van der Waals surface area contributed by atoms with Crippen LogP contribution in [0.4, 0.5) is 10.2 Å². The summed E-state index contributed by atoms with van der Waals surface area (Å²) >= 11 is 0. The molecule has 2 heterocycles. The first-order valence-corrected chi connectivity index (χ1v) is 7.46. The van der Waals surface area contributed by atoms with Crippen molar-refractivity contribution >= 4 is 11.7 Å². The van der Waals surface area contributed by atoms with Crippen LogP contribution in [0, 0.1) is 5.82 Å². The van der Waals surface area contributed by atoms with Gasteiger partial charge in [-0.1, -0.05) is 12.1 Å². The van der Waals surface area contributed by atoms with E-state index in [0.29, 0.717) is 12.1 Å². The highest BCUT2D eigenvalue weighted by Gasteiger charge is 2.20. The van der Waals surface area contributed by atoms with Gasteiger partial charge in [0.25, 0.3) is 5.91 Å². The Morgan fingerprint density at radius 3 is 2.82 bits per heavy atom. The minimum absolute atomic E-state index is 0.181. The Balaban J connectivity index is 1.72. The van der Waals surface area contributed by atoms with Gasteiger partial charge in [0.05, 0.1) is 5.56 Å². The van der Waals surface area contributed by atoms with E-state index in [4.69, 9.17) is 0 Å². The highest BCUT2D eigenvalue weighted by molar-refractivity contribution is 5.98. The second kappa shape index (κ2) is 6.56. The number of amides is 1. The molecule has 1 aromatic carbocycles. The molecule has 1 aliphatic heterocycles. The summed E-state index contributed by atoms with van der Waals surface area (Å²) in [7, 11) is 0. The maximum atomic E-state index is 13.2. The minimum Gasteiger partial charge on any atom is -0.356 e. The zero-order valence-corrected chi connectivity index (χ0v) is 12.3. The smallest absolute Gasteiger partial charge is 0.255 e. The van der Waals surface area contributed by atoms with Crippen LogP contribution in [0.25, 0.3) is 0 Å². The number of carbonyl (C=O) groups excluding carboxylic acids is 1. The summed E-state index contributed by atoms with van der Waals surface area (Å²) in [4.78, 5) is 18.9. The molecule has 22 heavy (non-hydrogen) atoms. The van der Waals surface area contributed by atoms with E-state index in [0.717, 1.165) is 37.3 Å². The Hall–Kier alpha value is -2.43. The van der Waals surface area contributed by atoms with Crippen LogP contribution in [0.15, 0.2) is 42.6 Å². The van der Waals surface area contributed by atoms with Gasteiger partial charge in [0, 0.05) is 25.8 Å². The predicted octanol–water partition coefficient (Wildman–Crippen LogP) is 2.75. The number of anilines is 1. The fourth-order valence-electron chi connectivity index (χ4n) is 2.68. The Morgan fingerprint density at radius 1 is 1.23 bits per heavy atom. The summed E-state index contributed by atoms with van der Waals surface area (Å²) in [6, 6.07) is 9.77. The van der Waals surface area contributed by atoms with Crippen LogP contribution in [0.2, 0.25) is 0 Å². The number of benzene rings is 1. The van der Waals surface area contributed by atoms with E-state index in [1.54, 1.807) is 30.5 Å². The molecule has 5 heteroatoms. The second-order valence-electron chi connectivity index (χ2n) is 5.38. The maximum Gasteiger partial charge on any atom is 0.255 e. The first kappa shape index (κ1) is 14.5. The summed E-state index contributed by atoms with van der Waals surface area (Å²) < 4.78 is 13.2. The van der Waals surface area contributed by atoms with Crippen molar-refractivity contribution < 1.29 is 9.18 Å². The van der Waals surface area contributed by atoms with E-state index in [2.05, 4.69) is 15.2 Å². The fraction of sp³-hybridized carbons (Fsp3) is 0.294. The molecule has 2 aromatic rings. The lowest BCUT2D eigenvalue weighted by molar-refractivity contribution is 0.0951. The fourth-order valence-corrected chi connectivity index (χ4v) is 2.68. The molecule has 0 radical (unpaired) electrons. The van der Waals surface area contributed by atoms with Gasteiger partial charge in [0.2, 0.25) is 0 Å². The average molecular weight is 299 g/mol. The molecule has 3 rings (SSSR count). The van der Waals surface area contributed by atoms with Gasteiger partial charge in [-0.05, 0) is 42.7 Å². The van der Waals surface area contributed by atoms with Crippen molar-refractivity contribution in [2.45, 2.75) is 19.4 Å². The Bertz CT molecular complexity index is 668. The topological polar surface area (TPSA) is 45.2 Å². The number of nitrogens with zero attached hydrogens (tertiary/aromatic N) is 2. The molecular weight excluding hydrogens is 281 g/mol. The molecular formula is C17H18FN3O. The number of nitrogens with one attached hydrogen (secondary N) is 1. The Kier molecular flexibility index (Phi) is 4.32. The van der Waals surface area contributed by atoms with E-state index in [9.17, 15) is 9.18 Å². The van der Waals surface area contributed by atoms with Gasteiger partial charge in [0.1, 0.15) is 11.6 Å². The molecule has 0 aliphatic carbocycles. The van der Waals surface area contributed by atoms with Gasteiger partial charge < -0.3 is 10.2 Å². The molecule has 4 nitrogen and oxygen atoms in total. The lowest BCUT2D eigenvalue weighted by atomic mass is 10.2. The highest BCUT2D eigenvalue weighted by Crippen LogP contribution is 2.21. The molecule has 1 fully saturated rings. The zero-order chi connectivity index (χ0) is 15.4. The van der Waals surface area contributed by atoms with Crippen molar-refractivity contribution in [1.82, 2.24) is 10.3 Å².